The van der Waals surface area contributed by atoms with Crippen LogP contribution in [0.25, 0.3) is 5.82 Å². The molecule has 0 aliphatic carbocycles. The van der Waals surface area contributed by atoms with E-state index in [0.29, 0.717) is 35.3 Å². The summed E-state index contributed by atoms with van der Waals surface area (Å²) in [6.07, 6.45) is 3.82. The molecule has 0 saturated carbocycles. The van der Waals surface area contributed by atoms with Gasteiger partial charge in [0.25, 0.3) is 5.91 Å². The lowest BCUT2D eigenvalue weighted by Gasteiger charge is -2.10. The van der Waals surface area contributed by atoms with Crippen LogP contribution in [0.15, 0.2) is 79.1 Å². The van der Waals surface area contributed by atoms with Gasteiger partial charge in [0, 0.05) is 29.7 Å². The van der Waals surface area contributed by atoms with Gasteiger partial charge in [0.15, 0.2) is 0 Å². The number of benzene rings is 2. The van der Waals surface area contributed by atoms with Crippen molar-refractivity contribution in [2.45, 2.75) is 13.8 Å². The van der Waals surface area contributed by atoms with Gasteiger partial charge < -0.3 is 19.4 Å². The summed E-state index contributed by atoms with van der Waals surface area (Å²) in [5.41, 5.74) is 1.22. The molecule has 4 rings (SSSR count). The van der Waals surface area contributed by atoms with Gasteiger partial charge in [0.05, 0.1) is 6.61 Å². The summed E-state index contributed by atoms with van der Waals surface area (Å²) in [6, 6.07) is 19.8. The molecule has 0 saturated heterocycles. The van der Waals surface area contributed by atoms with E-state index >= 15 is 0 Å². The summed E-state index contributed by atoms with van der Waals surface area (Å²) >= 11 is 0. The summed E-state index contributed by atoms with van der Waals surface area (Å²) in [6.45, 7) is 4.32. The molecular weight excluding hydrogens is 392 g/mol. The van der Waals surface area contributed by atoms with Crippen LogP contribution in [-0.2, 0) is 0 Å². The molecule has 2 aromatic heterocycles. The van der Waals surface area contributed by atoms with Gasteiger partial charge >= 0.3 is 0 Å². The number of nitrogens with one attached hydrogen (secondary N) is 1. The van der Waals surface area contributed by atoms with Gasteiger partial charge in [-0.25, -0.2) is 4.98 Å². The van der Waals surface area contributed by atoms with Crippen LogP contribution >= 0.6 is 0 Å². The molecule has 156 valence electrons. The number of aromatic nitrogens is 3. The average Bonchev–Trinajstić information content (AvgIpc) is 3.31. The Labute approximate surface area is 180 Å². The van der Waals surface area contributed by atoms with Gasteiger partial charge in [0.2, 0.25) is 5.88 Å². The number of amides is 1. The Hall–Kier alpha value is -4.13. The molecule has 7 heteroatoms. The highest BCUT2D eigenvalue weighted by Gasteiger charge is 2.08. The van der Waals surface area contributed by atoms with Gasteiger partial charge in [-0.3, -0.25) is 4.79 Å². The van der Waals surface area contributed by atoms with E-state index in [9.17, 15) is 4.79 Å². The third kappa shape index (κ3) is 5.08. The zero-order valence-corrected chi connectivity index (χ0v) is 17.3. The van der Waals surface area contributed by atoms with E-state index < -0.39 is 0 Å². The number of ether oxygens (including phenoxy) is 2. The van der Waals surface area contributed by atoms with Crippen molar-refractivity contribution in [1.82, 2.24) is 14.5 Å². The number of rotatable bonds is 7. The zero-order valence-electron chi connectivity index (χ0n) is 17.3. The summed E-state index contributed by atoms with van der Waals surface area (Å²) < 4.78 is 13.2. The minimum Gasteiger partial charge on any atom is -0.494 e. The predicted octanol–water partition coefficient (Wildman–Crippen LogP) is 5.02. The monoisotopic (exact) mass is 414 g/mol. The molecule has 7 nitrogen and oxygen atoms in total. The first-order chi connectivity index (χ1) is 15.1. The van der Waals surface area contributed by atoms with Crippen molar-refractivity contribution < 1.29 is 14.3 Å². The molecule has 31 heavy (non-hydrogen) atoms. The Morgan fingerprint density at radius 3 is 2.32 bits per heavy atom. The maximum Gasteiger partial charge on any atom is 0.255 e. The fourth-order valence-corrected chi connectivity index (χ4v) is 3.00. The molecule has 0 unspecified atom stereocenters. The van der Waals surface area contributed by atoms with Gasteiger partial charge in [0.1, 0.15) is 23.1 Å². The Morgan fingerprint density at radius 2 is 1.65 bits per heavy atom. The van der Waals surface area contributed by atoms with Crippen molar-refractivity contribution in [1.29, 1.82) is 0 Å². The molecular formula is C24H22N4O3. The van der Waals surface area contributed by atoms with Crippen molar-refractivity contribution in [3.05, 3.63) is 90.5 Å². The van der Waals surface area contributed by atoms with E-state index in [1.807, 2.05) is 42.9 Å². The lowest BCUT2D eigenvalue weighted by molar-refractivity contribution is 0.102. The fraction of sp³-hybridized carbons (Fsp3) is 0.125. The summed E-state index contributed by atoms with van der Waals surface area (Å²) in [4.78, 5) is 21.2. The van der Waals surface area contributed by atoms with Crippen molar-refractivity contribution >= 4 is 11.6 Å². The number of anilines is 1. The Morgan fingerprint density at radius 1 is 0.968 bits per heavy atom. The highest BCUT2D eigenvalue weighted by molar-refractivity contribution is 6.04. The molecule has 0 spiro atoms. The fourth-order valence-electron chi connectivity index (χ4n) is 3.00. The maximum absolute atomic E-state index is 12.4. The first kappa shape index (κ1) is 20.2. The van der Waals surface area contributed by atoms with Crippen LogP contribution in [0.5, 0.6) is 17.4 Å². The van der Waals surface area contributed by atoms with Gasteiger partial charge in [-0.2, -0.15) is 4.98 Å². The van der Waals surface area contributed by atoms with Crippen LogP contribution in [0.2, 0.25) is 0 Å². The molecule has 0 atom stereocenters. The van der Waals surface area contributed by atoms with Crippen molar-refractivity contribution in [2.75, 3.05) is 11.9 Å². The second kappa shape index (κ2) is 9.13. The Kier molecular flexibility index (Phi) is 5.93. The Balaban J connectivity index is 1.42. The van der Waals surface area contributed by atoms with Gasteiger partial charge in [-0.15, -0.1) is 0 Å². The minimum absolute atomic E-state index is 0.195. The summed E-state index contributed by atoms with van der Waals surface area (Å²) in [7, 11) is 0. The Bertz CT molecular complexity index is 1150. The van der Waals surface area contributed by atoms with Crippen molar-refractivity contribution in [3.8, 4) is 23.2 Å². The second-order valence-electron chi connectivity index (χ2n) is 6.74. The minimum atomic E-state index is -0.195. The first-order valence-electron chi connectivity index (χ1n) is 9.92. The van der Waals surface area contributed by atoms with Crippen LogP contribution in [0, 0.1) is 6.92 Å². The molecule has 0 bridgehead atoms. The number of carbonyl (C=O) groups is 1. The standard InChI is InChI=1S/C24H22N4O3/c1-3-30-20-10-6-18(7-11-20)24(29)27-19-8-12-21(13-9-19)31-23-16-22(25-17(2)26-23)28-14-4-5-15-28/h4-16H,3H2,1-2H3,(H,27,29). The van der Waals surface area contributed by atoms with E-state index in [1.165, 1.54) is 0 Å². The molecule has 2 aromatic carbocycles. The smallest absolute Gasteiger partial charge is 0.255 e. The van der Waals surface area contributed by atoms with E-state index in [0.717, 1.165) is 11.6 Å². The topological polar surface area (TPSA) is 78.3 Å². The highest BCUT2D eigenvalue weighted by Crippen LogP contribution is 2.23. The number of hydrogen-bond donors (Lipinski definition) is 1. The van der Waals surface area contributed by atoms with Crippen LogP contribution in [0.1, 0.15) is 23.1 Å². The number of nitrogens with zero attached hydrogens (tertiary/aromatic N) is 3. The molecule has 0 fully saturated rings. The van der Waals surface area contributed by atoms with E-state index in [1.54, 1.807) is 54.6 Å². The normalized spacial score (nSPS) is 10.5. The van der Waals surface area contributed by atoms with Gasteiger partial charge in [-0.05, 0) is 74.5 Å². The van der Waals surface area contributed by atoms with Crippen molar-refractivity contribution in [2.24, 2.45) is 0 Å². The molecule has 1 amide bonds. The number of aryl methyl sites for hydroxylation is 1. The van der Waals surface area contributed by atoms with Crippen LogP contribution in [-0.4, -0.2) is 27.0 Å². The number of carbonyl (C=O) groups excluding carboxylic acids is 1. The first-order valence-corrected chi connectivity index (χ1v) is 9.92. The number of hydrogen-bond acceptors (Lipinski definition) is 5. The molecule has 0 aliphatic heterocycles. The zero-order chi connectivity index (χ0) is 21.6. The summed E-state index contributed by atoms with van der Waals surface area (Å²) in [5.74, 6) is 2.94. The van der Waals surface area contributed by atoms with Gasteiger partial charge in [-0.1, -0.05) is 0 Å². The molecule has 0 radical (unpaired) electrons. The third-order valence-corrected chi connectivity index (χ3v) is 4.43. The molecule has 1 N–H and O–H groups in total. The van der Waals surface area contributed by atoms with Crippen LogP contribution in [0.3, 0.4) is 0 Å². The van der Waals surface area contributed by atoms with Crippen molar-refractivity contribution in [3.63, 3.8) is 0 Å². The lowest BCUT2D eigenvalue weighted by atomic mass is 10.2. The molecule has 0 aliphatic rings. The van der Waals surface area contributed by atoms with E-state index in [4.69, 9.17) is 9.47 Å². The quantitative estimate of drug-likeness (QED) is 0.459. The predicted molar refractivity (Wildman–Crippen MR) is 118 cm³/mol. The lowest BCUT2D eigenvalue weighted by Crippen LogP contribution is -2.11. The van der Waals surface area contributed by atoms with Crippen LogP contribution < -0.4 is 14.8 Å². The van der Waals surface area contributed by atoms with E-state index in [2.05, 4.69) is 15.3 Å². The highest BCUT2D eigenvalue weighted by atomic mass is 16.5. The second-order valence-corrected chi connectivity index (χ2v) is 6.74. The third-order valence-electron chi connectivity index (χ3n) is 4.43. The van der Waals surface area contributed by atoms with E-state index in [-0.39, 0.29) is 5.91 Å². The van der Waals surface area contributed by atoms with Crippen LogP contribution in [0.4, 0.5) is 5.69 Å². The molecule has 4 aromatic rings. The SMILES string of the molecule is CCOc1ccc(C(=O)Nc2ccc(Oc3cc(-n4cccc4)nc(C)n3)cc2)cc1. The maximum atomic E-state index is 12.4. The summed E-state index contributed by atoms with van der Waals surface area (Å²) in [5, 5.41) is 2.87. The largest absolute Gasteiger partial charge is 0.494 e. The molecule has 2 heterocycles. The average molecular weight is 414 g/mol.